The molecule has 4 N–H and O–H groups in total. The topological polar surface area (TPSA) is 117 Å². The van der Waals surface area contributed by atoms with Crippen LogP contribution < -0.4 is 35.3 Å². The normalized spacial score (nSPS) is 12.0. The van der Waals surface area contributed by atoms with Crippen molar-refractivity contribution < 1.29 is 23.7 Å². The lowest BCUT2D eigenvalue weighted by atomic mass is 10.0. The zero-order chi connectivity index (χ0) is 28.8. The zero-order valence-electron chi connectivity index (χ0n) is 23.7. The summed E-state index contributed by atoms with van der Waals surface area (Å²) in [6.45, 7) is 8.71. The molecular weight excluding hydrogens is 520 g/mol. The lowest BCUT2D eigenvalue weighted by molar-refractivity contribution is 0.100. The van der Waals surface area contributed by atoms with Crippen LogP contribution in [0.25, 0.3) is 10.9 Å². The number of benzene rings is 3. The SMILES string of the molecule is CCOc1cc2ncc(C(N)=O)c(Nc3cccc(CNCCc4ccc5c(c4)OCO5)c3CC)c2cc1OCC. The van der Waals surface area contributed by atoms with Crippen molar-refractivity contribution in [3.63, 3.8) is 0 Å². The van der Waals surface area contributed by atoms with E-state index >= 15 is 0 Å². The maximum atomic E-state index is 12.5. The number of ether oxygens (including phenoxy) is 4. The van der Waals surface area contributed by atoms with Gasteiger partial charge in [0.05, 0.1) is 30.0 Å². The zero-order valence-corrected chi connectivity index (χ0v) is 23.7. The van der Waals surface area contributed by atoms with Crippen molar-refractivity contribution in [3.05, 3.63) is 77.0 Å². The number of carbonyl (C=O) groups is 1. The highest BCUT2D eigenvalue weighted by atomic mass is 16.7. The quantitative estimate of drug-likeness (QED) is 0.185. The van der Waals surface area contributed by atoms with Crippen LogP contribution in [0.15, 0.2) is 54.7 Å². The van der Waals surface area contributed by atoms with Gasteiger partial charge < -0.3 is 35.3 Å². The first-order valence-electron chi connectivity index (χ1n) is 14.0. The Bertz CT molecular complexity index is 1560. The fourth-order valence-corrected chi connectivity index (χ4v) is 5.08. The molecule has 0 bridgehead atoms. The van der Waals surface area contributed by atoms with Crippen LogP contribution in [-0.2, 0) is 19.4 Å². The molecule has 5 rings (SSSR count). The fourth-order valence-electron chi connectivity index (χ4n) is 5.08. The lowest BCUT2D eigenvalue weighted by Gasteiger charge is -2.19. The minimum atomic E-state index is -0.562. The number of hydrogen-bond donors (Lipinski definition) is 3. The highest BCUT2D eigenvalue weighted by Gasteiger charge is 2.19. The number of nitrogens with zero attached hydrogens (tertiary/aromatic N) is 1. The van der Waals surface area contributed by atoms with E-state index in [-0.39, 0.29) is 6.79 Å². The Morgan fingerprint density at radius 3 is 2.54 bits per heavy atom. The van der Waals surface area contributed by atoms with E-state index in [1.54, 1.807) is 0 Å². The van der Waals surface area contributed by atoms with Gasteiger partial charge in [-0.2, -0.15) is 0 Å². The predicted octanol–water partition coefficient (Wildman–Crippen LogP) is 5.50. The first kappa shape index (κ1) is 28.0. The van der Waals surface area contributed by atoms with Crippen molar-refractivity contribution in [2.45, 2.75) is 40.2 Å². The summed E-state index contributed by atoms with van der Waals surface area (Å²) < 4.78 is 22.5. The maximum absolute atomic E-state index is 12.5. The van der Waals surface area contributed by atoms with E-state index in [4.69, 9.17) is 24.7 Å². The van der Waals surface area contributed by atoms with Crippen molar-refractivity contribution >= 4 is 28.2 Å². The van der Waals surface area contributed by atoms with Gasteiger partial charge in [0.2, 0.25) is 6.79 Å². The van der Waals surface area contributed by atoms with Crippen LogP contribution in [0.5, 0.6) is 23.0 Å². The second-order valence-electron chi connectivity index (χ2n) is 9.63. The van der Waals surface area contributed by atoms with Crippen molar-refractivity contribution in [1.82, 2.24) is 10.3 Å². The predicted molar refractivity (Wildman–Crippen MR) is 160 cm³/mol. The first-order chi connectivity index (χ1) is 20.0. The average Bonchev–Trinajstić information content (AvgIpc) is 3.44. The molecular formula is C32H36N4O5. The van der Waals surface area contributed by atoms with Gasteiger partial charge in [-0.25, -0.2) is 0 Å². The number of primary amides is 1. The van der Waals surface area contributed by atoms with Crippen LogP contribution in [0.2, 0.25) is 0 Å². The summed E-state index contributed by atoms with van der Waals surface area (Å²) in [5.74, 6) is 2.23. The molecule has 214 valence electrons. The second-order valence-corrected chi connectivity index (χ2v) is 9.63. The highest BCUT2D eigenvalue weighted by Crippen LogP contribution is 2.38. The maximum Gasteiger partial charge on any atom is 0.252 e. The number of nitrogens with two attached hydrogens (primary N) is 1. The van der Waals surface area contributed by atoms with Crippen LogP contribution in [-0.4, -0.2) is 37.4 Å². The molecule has 1 aliphatic heterocycles. The van der Waals surface area contributed by atoms with Gasteiger partial charge in [0.1, 0.15) is 0 Å². The summed E-state index contributed by atoms with van der Waals surface area (Å²) >= 11 is 0. The lowest BCUT2D eigenvalue weighted by Crippen LogP contribution is -2.18. The molecule has 1 aromatic heterocycles. The van der Waals surface area contributed by atoms with Crippen molar-refractivity contribution in [2.24, 2.45) is 5.73 Å². The minimum absolute atomic E-state index is 0.277. The van der Waals surface area contributed by atoms with Gasteiger partial charge in [-0.3, -0.25) is 9.78 Å². The van der Waals surface area contributed by atoms with Crippen molar-refractivity contribution in [2.75, 3.05) is 31.9 Å². The molecule has 0 unspecified atom stereocenters. The molecule has 4 aromatic rings. The molecule has 0 spiro atoms. The Morgan fingerprint density at radius 2 is 1.78 bits per heavy atom. The monoisotopic (exact) mass is 556 g/mol. The van der Waals surface area contributed by atoms with E-state index in [2.05, 4.69) is 34.7 Å². The molecule has 9 heteroatoms. The van der Waals surface area contributed by atoms with Gasteiger partial charge >= 0.3 is 0 Å². The smallest absolute Gasteiger partial charge is 0.252 e. The van der Waals surface area contributed by atoms with E-state index in [0.29, 0.717) is 48.0 Å². The molecule has 1 aliphatic rings. The van der Waals surface area contributed by atoms with E-state index in [1.807, 2.05) is 50.2 Å². The molecule has 0 radical (unpaired) electrons. The van der Waals surface area contributed by atoms with Gasteiger partial charge in [-0.05, 0) is 74.2 Å². The summed E-state index contributed by atoms with van der Waals surface area (Å²) in [6, 6.07) is 15.9. The van der Waals surface area contributed by atoms with Gasteiger partial charge in [0.15, 0.2) is 23.0 Å². The second kappa shape index (κ2) is 12.8. The molecule has 0 saturated carbocycles. The van der Waals surface area contributed by atoms with Crippen LogP contribution >= 0.6 is 0 Å². The average molecular weight is 557 g/mol. The Balaban J connectivity index is 1.39. The van der Waals surface area contributed by atoms with Gasteiger partial charge in [-0.15, -0.1) is 0 Å². The van der Waals surface area contributed by atoms with Crippen LogP contribution in [0, 0.1) is 0 Å². The fraction of sp³-hybridized carbons (Fsp3) is 0.312. The van der Waals surface area contributed by atoms with E-state index in [9.17, 15) is 4.79 Å². The Morgan fingerprint density at radius 1 is 1.00 bits per heavy atom. The van der Waals surface area contributed by atoms with Gasteiger partial charge in [-0.1, -0.05) is 25.1 Å². The van der Waals surface area contributed by atoms with E-state index < -0.39 is 5.91 Å². The Hall–Kier alpha value is -4.50. The molecule has 0 saturated heterocycles. The van der Waals surface area contributed by atoms with E-state index in [0.717, 1.165) is 47.5 Å². The summed E-state index contributed by atoms with van der Waals surface area (Å²) in [5.41, 5.74) is 11.8. The number of hydrogen-bond acceptors (Lipinski definition) is 8. The van der Waals surface area contributed by atoms with Crippen molar-refractivity contribution in [1.29, 1.82) is 0 Å². The molecule has 0 aliphatic carbocycles. The number of nitrogens with one attached hydrogen (secondary N) is 2. The van der Waals surface area contributed by atoms with Crippen LogP contribution in [0.3, 0.4) is 0 Å². The number of anilines is 2. The van der Waals surface area contributed by atoms with Crippen LogP contribution in [0.1, 0.15) is 47.8 Å². The molecule has 0 fully saturated rings. The number of amides is 1. The number of aromatic nitrogens is 1. The molecule has 1 amide bonds. The highest BCUT2D eigenvalue weighted by molar-refractivity contribution is 6.08. The van der Waals surface area contributed by atoms with Gasteiger partial charge in [0, 0.05) is 29.9 Å². The minimum Gasteiger partial charge on any atom is -0.490 e. The van der Waals surface area contributed by atoms with Crippen LogP contribution in [0.4, 0.5) is 11.4 Å². The summed E-state index contributed by atoms with van der Waals surface area (Å²) in [5, 5.41) is 7.82. The number of fused-ring (bicyclic) bond motifs is 2. The Kier molecular flexibility index (Phi) is 8.74. The summed E-state index contributed by atoms with van der Waals surface area (Å²) in [7, 11) is 0. The molecule has 41 heavy (non-hydrogen) atoms. The number of rotatable bonds is 13. The largest absolute Gasteiger partial charge is 0.490 e. The molecule has 2 heterocycles. The molecule has 3 aromatic carbocycles. The first-order valence-corrected chi connectivity index (χ1v) is 14.0. The third-order valence-corrected chi connectivity index (χ3v) is 7.03. The summed E-state index contributed by atoms with van der Waals surface area (Å²) in [4.78, 5) is 17.0. The molecule has 0 atom stereocenters. The third-order valence-electron chi connectivity index (χ3n) is 7.03. The standard InChI is InChI=1S/C32H36N4O5/c1-4-22-21(17-34-13-12-20-10-11-27-28(14-20)41-19-40-27)8-7-9-25(22)36-31-23-15-29(38-5-2)30(39-6-3)16-26(23)35-18-24(31)32(33)37/h7-11,14-16,18,34H,4-6,12-13,17,19H2,1-3H3,(H2,33,37)(H,35,36). The number of carbonyl (C=O) groups excluding carboxylic acids is 1. The van der Waals surface area contributed by atoms with E-state index in [1.165, 1.54) is 17.3 Å². The number of pyridine rings is 1. The molecule has 9 nitrogen and oxygen atoms in total. The Labute approximate surface area is 240 Å². The summed E-state index contributed by atoms with van der Waals surface area (Å²) in [6.07, 6.45) is 3.18. The van der Waals surface area contributed by atoms with Gasteiger partial charge in [0.25, 0.3) is 5.91 Å². The van der Waals surface area contributed by atoms with Crippen molar-refractivity contribution in [3.8, 4) is 23.0 Å². The third kappa shape index (κ3) is 6.15.